The van der Waals surface area contributed by atoms with Crippen LogP contribution in [0.1, 0.15) is 36.2 Å². The molecular weight excluding hydrogens is 384 g/mol. The van der Waals surface area contributed by atoms with E-state index in [2.05, 4.69) is 0 Å². The maximum absolute atomic E-state index is 12.9. The Morgan fingerprint density at radius 2 is 1.78 bits per heavy atom. The molecule has 3 rings (SSSR count). The first-order valence-corrected chi connectivity index (χ1v) is 10.9. The highest BCUT2D eigenvalue weighted by atomic mass is 35.5. The third kappa shape index (κ3) is 3.88. The van der Waals surface area contributed by atoms with Gasteiger partial charge in [-0.1, -0.05) is 25.4 Å². The molecule has 1 heterocycles. The van der Waals surface area contributed by atoms with E-state index in [0.717, 1.165) is 24.1 Å². The summed E-state index contributed by atoms with van der Waals surface area (Å²) in [7, 11) is -3.51. The number of aryl methyl sites for hydroxylation is 1. The molecule has 0 N–H and O–H groups in total. The summed E-state index contributed by atoms with van der Waals surface area (Å²) in [5, 5.41) is 0.580. The zero-order valence-electron chi connectivity index (χ0n) is 15.5. The predicted molar refractivity (Wildman–Crippen MR) is 108 cm³/mol. The molecule has 0 aliphatic carbocycles. The van der Waals surface area contributed by atoms with Crippen LogP contribution in [0.5, 0.6) is 0 Å². The van der Waals surface area contributed by atoms with Gasteiger partial charge in [-0.25, -0.2) is 8.42 Å². The Balaban J connectivity index is 1.95. The van der Waals surface area contributed by atoms with E-state index in [-0.39, 0.29) is 10.8 Å². The van der Waals surface area contributed by atoms with Gasteiger partial charge in [-0.3, -0.25) is 4.79 Å². The molecule has 2 aromatic rings. The lowest BCUT2D eigenvalue weighted by Crippen LogP contribution is -2.36. The molecule has 0 aromatic heterocycles. The maximum Gasteiger partial charge on any atom is 0.258 e. The fourth-order valence-electron chi connectivity index (χ4n) is 3.41. The van der Waals surface area contributed by atoms with E-state index in [1.807, 2.05) is 13.8 Å². The van der Waals surface area contributed by atoms with Crippen molar-refractivity contribution in [2.45, 2.75) is 31.6 Å². The average molecular weight is 407 g/mol. The SMILES string of the molecule is CCN(CC)S(=O)(=O)c1ccc2c(c1)CCCN2C(=O)c1ccc(Cl)cc1. The molecule has 144 valence electrons. The van der Waals surface area contributed by atoms with Crippen molar-refractivity contribution in [2.24, 2.45) is 0 Å². The van der Waals surface area contributed by atoms with Gasteiger partial charge >= 0.3 is 0 Å². The van der Waals surface area contributed by atoms with Crippen LogP contribution in [0, 0.1) is 0 Å². The largest absolute Gasteiger partial charge is 0.308 e. The Morgan fingerprint density at radius 1 is 1.11 bits per heavy atom. The number of halogens is 1. The number of fused-ring (bicyclic) bond motifs is 1. The molecular formula is C20H23ClN2O3S. The normalized spacial score (nSPS) is 14.3. The van der Waals surface area contributed by atoms with Gasteiger partial charge < -0.3 is 4.90 Å². The van der Waals surface area contributed by atoms with Crippen LogP contribution in [0.25, 0.3) is 0 Å². The van der Waals surface area contributed by atoms with E-state index in [9.17, 15) is 13.2 Å². The first-order valence-electron chi connectivity index (χ1n) is 9.09. The van der Waals surface area contributed by atoms with Crippen LogP contribution in [0.2, 0.25) is 5.02 Å². The van der Waals surface area contributed by atoms with Gasteiger partial charge in [-0.2, -0.15) is 4.31 Å². The number of nitrogens with zero attached hydrogens (tertiary/aromatic N) is 2. The van der Waals surface area contributed by atoms with Crippen molar-refractivity contribution < 1.29 is 13.2 Å². The van der Waals surface area contributed by atoms with Crippen molar-refractivity contribution in [3.63, 3.8) is 0 Å². The maximum atomic E-state index is 12.9. The number of hydrogen-bond donors (Lipinski definition) is 0. The van der Waals surface area contributed by atoms with Crippen LogP contribution in [0.4, 0.5) is 5.69 Å². The highest BCUT2D eigenvalue weighted by Gasteiger charge is 2.27. The summed E-state index contributed by atoms with van der Waals surface area (Å²) in [5.74, 6) is -0.105. The molecule has 7 heteroatoms. The lowest BCUT2D eigenvalue weighted by Gasteiger charge is -2.30. The molecule has 5 nitrogen and oxygen atoms in total. The molecule has 0 radical (unpaired) electrons. The minimum absolute atomic E-state index is 0.105. The first-order chi connectivity index (χ1) is 12.9. The number of carbonyl (C=O) groups excluding carboxylic acids is 1. The van der Waals surface area contributed by atoms with Crippen molar-refractivity contribution in [3.05, 3.63) is 58.6 Å². The molecule has 0 unspecified atom stereocenters. The fraction of sp³-hybridized carbons (Fsp3) is 0.350. The predicted octanol–water partition coefficient (Wildman–Crippen LogP) is 3.96. The Kier molecular flexibility index (Phi) is 5.89. The second-order valence-electron chi connectivity index (χ2n) is 6.45. The Morgan fingerprint density at radius 3 is 2.41 bits per heavy atom. The molecule has 0 bridgehead atoms. The van der Waals surface area contributed by atoms with E-state index < -0.39 is 10.0 Å². The van der Waals surface area contributed by atoms with Crippen LogP contribution in [-0.2, 0) is 16.4 Å². The molecule has 0 fully saturated rings. The van der Waals surface area contributed by atoms with Crippen molar-refractivity contribution in [1.29, 1.82) is 0 Å². The van der Waals surface area contributed by atoms with Gasteiger partial charge in [0.25, 0.3) is 5.91 Å². The number of sulfonamides is 1. The van der Waals surface area contributed by atoms with Gasteiger partial charge in [0.1, 0.15) is 0 Å². The van der Waals surface area contributed by atoms with Gasteiger partial charge in [-0.05, 0) is 60.9 Å². The fourth-order valence-corrected chi connectivity index (χ4v) is 5.04. The number of carbonyl (C=O) groups is 1. The minimum atomic E-state index is -3.51. The van der Waals surface area contributed by atoms with Crippen LogP contribution in [0.15, 0.2) is 47.4 Å². The third-order valence-corrected chi connectivity index (χ3v) is 7.15. The zero-order chi connectivity index (χ0) is 19.6. The molecule has 0 saturated carbocycles. The van der Waals surface area contributed by atoms with E-state index in [0.29, 0.717) is 30.2 Å². The number of benzene rings is 2. The number of rotatable bonds is 5. The Hall–Kier alpha value is -1.89. The number of amides is 1. The third-order valence-electron chi connectivity index (χ3n) is 4.85. The quantitative estimate of drug-likeness (QED) is 0.755. The van der Waals surface area contributed by atoms with Gasteiger partial charge in [-0.15, -0.1) is 0 Å². The summed E-state index contributed by atoms with van der Waals surface area (Å²) in [5.41, 5.74) is 2.23. The van der Waals surface area contributed by atoms with Gasteiger partial charge in [0.15, 0.2) is 0 Å². The zero-order valence-corrected chi connectivity index (χ0v) is 17.1. The smallest absolute Gasteiger partial charge is 0.258 e. The molecule has 1 aliphatic rings. The lowest BCUT2D eigenvalue weighted by molar-refractivity contribution is 0.0985. The molecule has 2 aromatic carbocycles. The Labute approximate surface area is 165 Å². The summed E-state index contributed by atoms with van der Waals surface area (Å²) >= 11 is 5.91. The van der Waals surface area contributed by atoms with Crippen LogP contribution in [0.3, 0.4) is 0 Å². The van der Waals surface area contributed by atoms with E-state index >= 15 is 0 Å². The Bertz CT molecular complexity index is 938. The highest BCUT2D eigenvalue weighted by molar-refractivity contribution is 7.89. The van der Waals surface area contributed by atoms with Gasteiger partial charge in [0, 0.05) is 35.9 Å². The average Bonchev–Trinajstić information content (AvgIpc) is 2.68. The molecule has 1 amide bonds. The lowest BCUT2D eigenvalue weighted by atomic mass is 10.0. The van der Waals surface area contributed by atoms with Crippen molar-refractivity contribution in [2.75, 3.05) is 24.5 Å². The topological polar surface area (TPSA) is 57.7 Å². The van der Waals surface area contributed by atoms with Gasteiger partial charge in [0.05, 0.1) is 4.90 Å². The van der Waals surface area contributed by atoms with Gasteiger partial charge in [0.2, 0.25) is 10.0 Å². The summed E-state index contributed by atoms with van der Waals surface area (Å²) in [6, 6.07) is 11.9. The highest BCUT2D eigenvalue weighted by Crippen LogP contribution is 2.31. The second kappa shape index (κ2) is 8.00. The molecule has 0 atom stereocenters. The summed E-state index contributed by atoms with van der Waals surface area (Å²) in [6.45, 7) is 5.11. The van der Waals surface area contributed by atoms with Crippen LogP contribution in [-0.4, -0.2) is 38.3 Å². The summed E-state index contributed by atoms with van der Waals surface area (Å²) in [6.07, 6.45) is 1.54. The number of anilines is 1. The van der Waals surface area contributed by atoms with E-state index in [1.54, 1.807) is 47.4 Å². The molecule has 0 saturated heterocycles. The van der Waals surface area contributed by atoms with Crippen molar-refractivity contribution >= 4 is 33.2 Å². The standard InChI is InChI=1S/C20H23ClN2O3S/c1-3-22(4-2)27(25,26)18-11-12-19-16(14-18)6-5-13-23(19)20(24)15-7-9-17(21)10-8-15/h7-12,14H,3-6,13H2,1-2H3. The number of hydrogen-bond acceptors (Lipinski definition) is 3. The van der Waals surface area contributed by atoms with E-state index in [4.69, 9.17) is 11.6 Å². The molecule has 0 spiro atoms. The monoisotopic (exact) mass is 406 g/mol. The van der Waals surface area contributed by atoms with Crippen molar-refractivity contribution in [1.82, 2.24) is 4.31 Å². The minimum Gasteiger partial charge on any atom is -0.308 e. The van der Waals surface area contributed by atoms with Crippen molar-refractivity contribution in [3.8, 4) is 0 Å². The van der Waals surface area contributed by atoms with Crippen LogP contribution >= 0.6 is 11.6 Å². The second-order valence-corrected chi connectivity index (χ2v) is 8.82. The van der Waals surface area contributed by atoms with E-state index in [1.165, 1.54) is 4.31 Å². The molecule has 27 heavy (non-hydrogen) atoms. The molecule has 1 aliphatic heterocycles. The summed E-state index contributed by atoms with van der Waals surface area (Å²) < 4.78 is 27.0. The van der Waals surface area contributed by atoms with Crippen LogP contribution < -0.4 is 4.90 Å². The summed E-state index contributed by atoms with van der Waals surface area (Å²) in [4.78, 5) is 14.9. The first kappa shape index (κ1) is 19.9.